The van der Waals surface area contributed by atoms with Crippen molar-refractivity contribution < 1.29 is 0 Å². The molecule has 3 fully saturated rings. The van der Waals surface area contributed by atoms with E-state index in [1.54, 1.807) is 0 Å². The molecule has 0 spiro atoms. The quantitative estimate of drug-likeness (QED) is 0.455. The van der Waals surface area contributed by atoms with E-state index >= 15 is 0 Å². The van der Waals surface area contributed by atoms with Crippen LogP contribution >= 0.6 is 0 Å². The van der Waals surface area contributed by atoms with Crippen LogP contribution in [0.4, 0.5) is 0 Å². The van der Waals surface area contributed by atoms with E-state index in [4.69, 9.17) is 11.5 Å². The van der Waals surface area contributed by atoms with E-state index < -0.39 is 0 Å². The van der Waals surface area contributed by atoms with Crippen molar-refractivity contribution in [2.24, 2.45) is 11.5 Å². The highest BCUT2D eigenvalue weighted by Gasteiger charge is 2.41. The van der Waals surface area contributed by atoms with Crippen LogP contribution in [0.3, 0.4) is 0 Å². The number of fused-ring (bicyclic) bond motifs is 2. The first-order valence-corrected chi connectivity index (χ1v) is 6.77. The Morgan fingerprint density at radius 1 is 0.688 bits per heavy atom. The molecule has 0 unspecified atom stereocenters. The van der Waals surface area contributed by atoms with Gasteiger partial charge in [0, 0.05) is 36.3 Å². The van der Waals surface area contributed by atoms with Crippen LogP contribution in [0.25, 0.3) is 0 Å². The molecule has 1 heterocycles. The molecule has 6 atom stereocenters. The third kappa shape index (κ3) is 1.88. The molecular weight excluding hydrogens is 200 g/mol. The molecule has 4 nitrogen and oxygen atoms in total. The van der Waals surface area contributed by atoms with Crippen molar-refractivity contribution in [1.29, 1.82) is 0 Å². The number of rotatable bonds is 0. The van der Waals surface area contributed by atoms with Gasteiger partial charge in [0.15, 0.2) is 0 Å². The SMILES string of the molecule is N[C@@H]1C[C@@H]2N[C@H]3CCCC[C@@H]3N[C@@H]2C[C@@H]1N. The van der Waals surface area contributed by atoms with E-state index in [9.17, 15) is 0 Å². The van der Waals surface area contributed by atoms with Crippen molar-refractivity contribution in [3.05, 3.63) is 0 Å². The molecular formula is C12H24N4. The zero-order valence-corrected chi connectivity index (χ0v) is 9.86. The largest absolute Gasteiger partial charge is 0.326 e. The molecule has 0 radical (unpaired) electrons. The summed E-state index contributed by atoms with van der Waals surface area (Å²) < 4.78 is 0. The Labute approximate surface area is 97.5 Å². The Balaban J connectivity index is 1.69. The molecule has 0 bridgehead atoms. The topological polar surface area (TPSA) is 76.1 Å². The summed E-state index contributed by atoms with van der Waals surface area (Å²) >= 11 is 0. The summed E-state index contributed by atoms with van der Waals surface area (Å²) in [5.41, 5.74) is 12.1. The fourth-order valence-corrected chi connectivity index (χ4v) is 3.71. The van der Waals surface area contributed by atoms with E-state index in [1.165, 1.54) is 25.7 Å². The standard InChI is InChI=1S/C12H24N4/c13-7-5-11-12(6-8(7)14)16-10-4-2-1-3-9(10)15-11/h7-12,15-16H,1-6,13-14H2/t7-,8+,9-,10-,11+,12-/m0/s1. The van der Waals surface area contributed by atoms with Crippen LogP contribution < -0.4 is 22.1 Å². The fourth-order valence-electron chi connectivity index (χ4n) is 3.71. The van der Waals surface area contributed by atoms with E-state index in [1.807, 2.05) is 0 Å². The smallest absolute Gasteiger partial charge is 0.0240 e. The Morgan fingerprint density at radius 2 is 1.12 bits per heavy atom. The lowest BCUT2D eigenvalue weighted by molar-refractivity contribution is 0.123. The van der Waals surface area contributed by atoms with Crippen molar-refractivity contribution in [1.82, 2.24) is 10.6 Å². The molecule has 4 heteroatoms. The van der Waals surface area contributed by atoms with Crippen molar-refractivity contribution in [3.8, 4) is 0 Å². The monoisotopic (exact) mass is 224 g/mol. The van der Waals surface area contributed by atoms with Gasteiger partial charge in [0.05, 0.1) is 0 Å². The molecule has 0 aromatic heterocycles. The zero-order valence-electron chi connectivity index (χ0n) is 9.86. The summed E-state index contributed by atoms with van der Waals surface area (Å²) in [6.07, 6.45) is 7.45. The lowest BCUT2D eigenvalue weighted by Gasteiger charge is -2.50. The highest BCUT2D eigenvalue weighted by atomic mass is 15.2. The van der Waals surface area contributed by atoms with Gasteiger partial charge < -0.3 is 22.1 Å². The van der Waals surface area contributed by atoms with Crippen LogP contribution in [-0.2, 0) is 0 Å². The summed E-state index contributed by atoms with van der Waals surface area (Å²) in [6, 6.07) is 2.81. The van der Waals surface area contributed by atoms with E-state index in [0.717, 1.165) is 12.8 Å². The molecule has 16 heavy (non-hydrogen) atoms. The van der Waals surface area contributed by atoms with Gasteiger partial charge >= 0.3 is 0 Å². The number of hydrogen-bond donors (Lipinski definition) is 4. The van der Waals surface area contributed by atoms with Gasteiger partial charge in [-0.1, -0.05) is 12.8 Å². The maximum Gasteiger partial charge on any atom is 0.0240 e. The summed E-state index contributed by atoms with van der Waals surface area (Å²) in [5.74, 6) is 0. The molecule has 2 aliphatic carbocycles. The van der Waals surface area contributed by atoms with Crippen LogP contribution in [-0.4, -0.2) is 36.3 Å². The van der Waals surface area contributed by atoms with Gasteiger partial charge in [-0.15, -0.1) is 0 Å². The average molecular weight is 224 g/mol. The molecule has 0 aromatic carbocycles. The first-order chi connectivity index (χ1) is 7.74. The Morgan fingerprint density at radius 3 is 1.56 bits per heavy atom. The van der Waals surface area contributed by atoms with Gasteiger partial charge in [-0.3, -0.25) is 0 Å². The van der Waals surface area contributed by atoms with Gasteiger partial charge in [-0.2, -0.15) is 0 Å². The normalized spacial score (nSPS) is 52.9. The van der Waals surface area contributed by atoms with Crippen LogP contribution in [0.2, 0.25) is 0 Å². The van der Waals surface area contributed by atoms with Gasteiger partial charge in [-0.05, 0) is 25.7 Å². The van der Waals surface area contributed by atoms with E-state index in [2.05, 4.69) is 10.6 Å². The minimum absolute atomic E-state index is 0.177. The molecule has 92 valence electrons. The Hall–Kier alpha value is -0.160. The first kappa shape index (κ1) is 11.0. The van der Waals surface area contributed by atoms with Crippen molar-refractivity contribution in [3.63, 3.8) is 0 Å². The van der Waals surface area contributed by atoms with Gasteiger partial charge in [-0.25, -0.2) is 0 Å². The summed E-state index contributed by atoms with van der Waals surface area (Å²) in [7, 11) is 0. The van der Waals surface area contributed by atoms with Crippen LogP contribution in [0.5, 0.6) is 0 Å². The number of nitrogens with one attached hydrogen (secondary N) is 2. The summed E-state index contributed by atoms with van der Waals surface area (Å²) in [4.78, 5) is 0. The third-order valence-corrected chi connectivity index (χ3v) is 4.71. The van der Waals surface area contributed by atoms with Crippen LogP contribution in [0.15, 0.2) is 0 Å². The number of nitrogens with two attached hydrogens (primary N) is 2. The van der Waals surface area contributed by atoms with Crippen molar-refractivity contribution >= 4 is 0 Å². The van der Waals surface area contributed by atoms with Gasteiger partial charge in [0.25, 0.3) is 0 Å². The van der Waals surface area contributed by atoms with Crippen molar-refractivity contribution in [2.45, 2.75) is 74.8 Å². The van der Waals surface area contributed by atoms with Crippen LogP contribution in [0.1, 0.15) is 38.5 Å². The predicted octanol–water partition coefficient (Wildman–Crippen LogP) is -0.324. The molecule has 3 rings (SSSR count). The summed E-state index contributed by atoms with van der Waals surface area (Å²) in [5, 5.41) is 7.62. The van der Waals surface area contributed by atoms with Gasteiger partial charge in [0.2, 0.25) is 0 Å². The maximum atomic E-state index is 6.06. The predicted molar refractivity (Wildman–Crippen MR) is 65.1 cm³/mol. The molecule has 3 aliphatic rings. The molecule has 0 amide bonds. The average Bonchev–Trinajstić information content (AvgIpc) is 2.28. The van der Waals surface area contributed by atoms with Gasteiger partial charge in [0.1, 0.15) is 0 Å². The zero-order chi connectivity index (χ0) is 11.1. The molecule has 1 aliphatic heterocycles. The molecule has 1 saturated heterocycles. The first-order valence-electron chi connectivity index (χ1n) is 6.77. The fraction of sp³-hybridized carbons (Fsp3) is 1.00. The molecule has 6 N–H and O–H groups in total. The second kappa shape index (κ2) is 4.26. The number of hydrogen-bond acceptors (Lipinski definition) is 4. The Bertz CT molecular complexity index is 231. The number of piperazine rings is 1. The second-order valence-corrected chi connectivity index (χ2v) is 5.84. The highest BCUT2D eigenvalue weighted by Crippen LogP contribution is 2.28. The molecule has 2 saturated carbocycles. The van der Waals surface area contributed by atoms with Crippen molar-refractivity contribution in [2.75, 3.05) is 0 Å². The Kier molecular flexibility index (Phi) is 2.92. The minimum atomic E-state index is 0.177. The minimum Gasteiger partial charge on any atom is -0.326 e. The third-order valence-electron chi connectivity index (χ3n) is 4.71. The lowest BCUT2D eigenvalue weighted by Crippen LogP contribution is -2.71. The second-order valence-electron chi connectivity index (χ2n) is 5.84. The van der Waals surface area contributed by atoms with E-state index in [0.29, 0.717) is 24.2 Å². The highest BCUT2D eigenvalue weighted by molar-refractivity contribution is 5.05. The van der Waals surface area contributed by atoms with Crippen LogP contribution in [0, 0.1) is 0 Å². The lowest BCUT2D eigenvalue weighted by atomic mass is 9.78. The summed E-state index contributed by atoms with van der Waals surface area (Å²) in [6.45, 7) is 0. The van der Waals surface area contributed by atoms with E-state index in [-0.39, 0.29) is 12.1 Å². The molecule has 0 aromatic rings. The maximum absolute atomic E-state index is 6.06.